The second-order valence-corrected chi connectivity index (χ2v) is 5.75. The molecule has 0 unspecified atom stereocenters. The molecule has 0 amide bonds. The van der Waals surface area contributed by atoms with Crippen molar-refractivity contribution in [2.75, 3.05) is 13.2 Å². The van der Waals surface area contributed by atoms with Crippen LogP contribution in [0.2, 0.25) is 0 Å². The molecule has 2 rings (SSSR count). The summed E-state index contributed by atoms with van der Waals surface area (Å²) in [6.07, 6.45) is -0.736. The van der Waals surface area contributed by atoms with Crippen LogP contribution < -0.4 is 5.56 Å². The summed E-state index contributed by atoms with van der Waals surface area (Å²) in [5.74, 6) is 0. The predicted octanol–water partition coefficient (Wildman–Crippen LogP) is 1.68. The molecule has 1 atom stereocenters. The molecular formula is C14H18N2O3S. The van der Waals surface area contributed by atoms with Crippen molar-refractivity contribution in [1.82, 2.24) is 9.78 Å². The van der Waals surface area contributed by atoms with Crippen LogP contribution in [0.3, 0.4) is 0 Å². The molecule has 0 radical (unpaired) electrons. The summed E-state index contributed by atoms with van der Waals surface area (Å²) in [4.78, 5) is 14.0. The van der Waals surface area contributed by atoms with Crippen LogP contribution in [-0.4, -0.2) is 34.2 Å². The van der Waals surface area contributed by atoms with Gasteiger partial charge in [0.05, 0.1) is 24.1 Å². The molecule has 0 aliphatic carbocycles. The van der Waals surface area contributed by atoms with E-state index in [0.717, 1.165) is 10.6 Å². The molecule has 2 aromatic heterocycles. The van der Waals surface area contributed by atoms with Gasteiger partial charge >= 0.3 is 0 Å². The number of hydrogen-bond donors (Lipinski definition) is 1. The number of nitrogens with zero attached hydrogens (tertiary/aromatic N) is 2. The second kappa shape index (κ2) is 6.78. The van der Waals surface area contributed by atoms with Crippen LogP contribution in [0.25, 0.3) is 10.6 Å². The average molecular weight is 294 g/mol. The maximum absolute atomic E-state index is 11.8. The Morgan fingerprint density at radius 2 is 2.20 bits per heavy atom. The fraction of sp³-hybridized carbons (Fsp3) is 0.429. The van der Waals surface area contributed by atoms with E-state index < -0.39 is 6.10 Å². The standard InChI is InChI=1S/C14H18N2O3S/c1-3-19-9-11(17)8-16-14(18)7-5-12(15-16)13-6-4-10(2)20-13/h4-7,11,17H,3,8-9H2,1-2H3/t11-/m1/s1. The van der Waals surface area contributed by atoms with Crippen molar-refractivity contribution in [2.45, 2.75) is 26.5 Å². The van der Waals surface area contributed by atoms with E-state index >= 15 is 0 Å². The van der Waals surface area contributed by atoms with Crippen molar-refractivity contribution < 1.29 is 9.84 Å². The van der Waals surface area contributed by atoms with Crippen molar-refractivity contribution in [1.29, 1.82) is 0 Å². The third-order valence-corrected chi connectivity index (χ3v) is 3.78. The largest absolute Gasteiger partial charge is 0.389 e. The van der Waals surface area contributed by atoms with Crippen molar-refractivity contribution >= 4 is 11.3 Å². The molecular weight excluding hydrogens is 276 g/mol. The van der Waals surface area contributed by atoms with E-state index in [1.807, 2.05) is 26.0 Å². The van der Waals surface area contributed by atoms with Gasteiger partial charge in [0.15, 0.2) is 0 Å². The average Bonchev–Trinajstić information content (AvgIpc) is 2.85. The molecule has 6 heteroatoms. The van der Waals surface area contributed by atoms with E-state index in [-0.39, 0.29) is 18.7 Å². The Balaban J connectivity index is 2.19. The topological polar surface area (TPSA) is 64.3 Å². The normalized spacial score (nSPS) is 12.6. The number of aromatic nitrogens is 2. The molecule has 20 heavy (non-hydrogen) atoms. The molecule has 5 nitrogen and oxygen atoms in total. The monoisotopic (exact) mass is 294 g/mol. The van der Waals surface area contributed by atoms with Crippen LogP contribution in [0.1, 0.15) is 11.8 Å². The number of hydrogen-bond acceptors (Lipinski definition) is 5. The van der Waals surface area contributed by atoms with E-state index in [1.165, 1.54) is 15.6 Å². The first-order valence-corrected chi connectivity index (χ1v) is 7.32. The summed E-state index contributed by atoms with van der Waals surface area (Å²) >= 11 is 1.62. The number of aliphatic hydroxyl groups excluding tert-OH is 1. The van der Waals surface area contributed by atoms with Crippen LogP contribution >= 0.6 is 11.3 Å². The smallest absolute Gasteiger partial charge is 0.266 e. The maximum Gasteiger partial charge on any atom is 0.266 e. The molecule has 0 bridgehead atoms. The van der Waals surface area contributed by atoms with Gasteiger partial charge in [-0.2, -0.15) is 5.10 Å². The zero-order valence-electron chi connectivity index (χ0n) is 11.6. The van der Waals surface area contributed by atoms with E-state index in [9.17, 15) is 9.90 Å². The van der Waals surface area contributed by atoms with Gasteiger partial charge in [-0.1, -0.05) is 0 Å². The summed E-state index contributed by atoms with van der Waals surface area (Å²) in [5.41, 5.74) is 0.517. The Hall–Kier alpha value is -1.50. The molecule has 0 fully saturated rings. The highest BCUT2D eigenvalue weighted by atomic mass is 32.1. The van der Waals surface area contributed by atoms with Gasteiger partial charge in [-0.05, 0) is 32.0 Å². The molecule has 0 aliphatic rings. The first-order chi connectivity index (χ1) is 9.60. The van der Waals surface area contributed by atoms with Gasteiger partial charge in [-0.15, -0.1) is 11.3 Å². The Morgan fingerprint density at radius 1 is 1.40 bits per heavy atom. The molecule has 0 aromatic carbocycles. The summed E-state index contributed by atoms with van der Waals surface area (Å²) in [7, 11) is 0. The molecule has 0 aliphatic heterocycles. The predicted molar refractivity (Wildman–Crippen MR) is 79.0 cm³/mol. The van der Waals surface area contributed by atoms with Crippen molar-refractivity contribution in [3.63, 3.8) is 0 Å². The van der Waals surface area contributed by atoms with Crippen LogP contribution in [0.15, 0.2) is 29.1 Å². The van der Waals surface area contributed by atoms with Crippen LogP contribution in [0.4, 0.5) is 0 Å². The van der Waals surface area contributed by atoms with E-state index in [0.29, 0.717) is 6.61 Å². The summed E-state index contributed by atoms with van der Waals surface area (Å²) < 4.78 is 6.42. The third-order valence-electron chi connectivity index (χ3n) is 2.76. The number of aliphatic hydroxyl groups is 1. The zero-order chi connectivity index (χ0) is 14.5. The molecule has 0 spiro atoms. The summed E-state index contributed by atoms with van der Waals surface area (Å²) in [5, 5.41) is 14.1. The van der Waals surface area contributed by atoms with Gasteiger partial charge in [0.2, 0.25) is 0 Å². The maximum atomic E-state index is 11.8. The van der Waals surface area contributed by atoms with Crippen LogP contribution in [-0.2, 0) is 11.3 Å². The highest BCUT2D eigenvalue weighted by molar-refractivity contribution is 7.15. The van der Waals surface area contributed by atoms with Gasteiger partial charge in [-0.3, -0.25) is 4.79 Å². The first-order valence-electron chi connectivity index (χ1n) is 6.51. The minimum Gasteiger partial charge on any atom is -0.389 e. The lowest BCUT2D eigenvalue weighted by atomic mass is 10.3. The summed E-state index contributed by atoms with van der Waals surface area (Å²) in [6, 6.07) is 7.18. The molecule has 2 heterocycles. The molecule has 0 saturated heterocycles. The van der Waals surface area contributed by atoms with Gasteiger partial charge in [0.1, 0.15) is 5.69 Å². The molecule has 2 aromatic rings. The molecule has 108 valence electrons. The highest BCUT2D eigenvalue weighted by Crippen LogP contribution is 2.24. The number of thiophene rings is 1. The minimum atomic E-state index is -0.736. The van der Waals surface area contributed by atoms with Crippen LogP contribution in [0.5, 0.6) is 0 Å². The SMILES string of the molecule is CCOC[C@H](O)Cn1nc(-c2ccc(C)s2)ccc1=O. The Labute approximate surface area is 121 Å². The van der Waals surface area contributed by atoms with Crippen LogP contribution in [0, 0.1) is 6.92 Å². The number of rotatable bonds is 6. The lowest BCUT2D eigenvalue weighted by Gasteiger charge is -2.12. The highest BCUT2D eigenvalue weighted by Gasteiger charge is 2.10. The van der Waals surface area contributed by atoms with Gasteiger partial charge in [-0.25, -0.2) is 4.68 Å². The second-order valence-electron chi connectivity index (χ2n) is 4.46. The summed E-state index contributed by atoms with van der Waals surface area (Å²) in [6.45, 7) is 4.75. The Bertz CT molecular complexity index is 621. The number of ether oxygens (including phenoxy) is 1. The molecule has 0 saturated carbocycles. The third kappa shape index (κ3) is 3.75. The van der Waals surface area contributed by atoms with Crippen molar-refractivity contribution in [3.05, 3.63) is 39.5 Å². The Kier molecular flexibility index (Phi) is 5.05. The van der Waals surface area contributed by atoms with Crippen molar-refractivity contribution in [3.8, 4) is 10.6 Å². The molecule has 1 N–H and O–H groups in total. The lowest BCUT2D eigenvalue weighted by molar-refractivity contribution is 0.0309. The fourth-order valence-electron chi connectivity index (χ4n) is 1.79. The quantitative estimate of drug-likeness (QED) is 0.880. The Morgan fingerprint density at radius 3 is 2.85 bits per heavy atom. The van der Waals surface area contributed by atoms with E-state index in [1.54, 1.807) is 17.4 Å². The van der Waals surface area contributed by atoms with Gasteiger partial charge < -0.3 is 9.84 Å². The van der Waals surface area contributed by atoms with Gasteiger partial charge in [0.25, 0.3) is 5.56 Å². The lowest BCUT2D eigenvalue weighted by Crippen LogP contribution is -2.30. The minimum absolute atomic E-state index is 0.136. The first kappa shape index (κ1) is 14.9. The van der Waals surface area contributed by atoms with E-state index in [2.05, 4.69) is 5.10 Å². The van der Waals surface area contributed by atoms with Gasteiger partial charge in [0, 0.05) is 17.6 Å². The van der Waals surface area contributed by atoms with E-state index in [4.69, 9.17) is 4.74 Å². The number of aryl methyl sites for hydroxylation is 1. The fourth-order valence-corrected chi connectivity index (χ4v) is 2.62. The zero-order valence-corrected chi connectivity index (χ0v) is 12.4. The van der Waals surface area contributed by atoms with Crippen molar-refractivity contribution in [2.24, 2.45) is 0 Å².